The van der Waals surface area contributed by atoms with Crippen molar-refractivity contribution < 1.29 is 4.79 Å². The Morgan fingerprint density at radius 3 is 2.71 bits per heavy atom. The van der Waals surface area contributed by atoms with Crippen molar-refractivity contribution in [2.75, 3.05) is 12.3 Å². The lowest BCUT2D eigenvalue weighted by Gasteiger charge is -2.12. The van der Waals surface area contributed by atoms with Crippen molar-refractivity contribution in [1.29, 1.82) is 0 Å². The molecule has 0 spiro atoms. The van der Waals surface area contributed by atoms with E-state index in [4.69, 9.17) is 5.73 Å². The van der Waals surface area contributed by atoms with Crippen molar-refractivity contribution in [3.8, 4) is 0 Å². The van der Waals surface area contributed by atoms with Gasteiger partial charge in [-0.25, -0.2) is 0 Å². The summed E-state index contributed by atoms with van der Waals surface area (Å²) in [6, 6.07) is 0. The van der Waals surface area contributed by atoms with Crippen LogP contribution < -0.4 is 11.1 Å². The number of aryl methyl sites for hydroxylation is 1. The van der Waals surface area contributed by atoms with Crippen molar-refractivity contribution in [2.24, 2.45) is 5.41 Å². The first-order chi connectivity index (χ1) is 8.12. The van der Waals surface area contributed by atoms with Crippen LogP contribution in [0.3, 0.4) is 0 Å². The highest BCUT2D eigenvalue weighted by Gasteiger charge is 2.40. The molecule has 1 aliphatic rings. The molecule has 17 heavy (non-hydrogen) atoms. The van der Waals surface area contributed by atoms with Gasteiger partial charge in [0, 0.05) is 6.54 Å². The SMILES string of the molecule is CCc1[nH]nc(C(=O)NCC2(CC)CC2)c1N. The van der Waals surface area contributed by atoms with E-state index in [-0.39, 0.29) is 5.91 Å². The molecule has 5 nitrogen and oxygen atoms in total. The van der Waals surface area contributed by atoms with Crippen LogP contribution in [0.25, 0.3) is 0 Å². The lowest BCUT2D eigenvalue weighted by molar-refractivity contribution is 0.0940. The molecule has 1 heterocycles. The number of nitrogen functional groups attached to an aromatic ring is 1. The second-order valence-electron chi connectivity index (χ2n) is 4.85. The van der Waals surface area contributed by atoms with Gasteiger partial charge in [0.2, 0.25) is 0 Å². The first-order valence-corrected chi connectivity index (χ1v) is 6.23. The zero-order valence-corrected chi connectivity index (χ0v) is 10.5. The minimum Gasteiger partial charge on any atom is -0.395 e. The maximum absolute atomic E-state index is 11.9. The Labute approximate surface area is 101 Å². The summed E-state index contributed by atoms with van der Waals surface area (Å²) in [4.78, 5) is 11.9. The summed E-state index contributed by atoms with van der Waals surface area (Å²) in [6.45, 7) is 4.87. The number of hydrogen-bond donors (Lipinski definition) is 3. The van der Waals surface area contributed by atoms with Gasteiger partial charge in [-0.1, -0.05) is 13.8 Å². The van der Waals surface area contributed by atoms with Crippen LogP contribution in [-0.2, 0) is 6.42 Å². The molecule has 0 saturated heterocycles. The average Bonchev–Trinajstić information content (AvgIpc) is 3.03. The van der Waals surface area contributed by atoms with Crippen LogP contribution in [0.5, 0.6) is 0 Å². The maximum atomic E-state index is 11.9. The second kappa shape index (κ2) is 4.39. The van der Waals surface area contributed by atoms with Crippen LogP contribution in [0.1, 0.15) is 49.3 Å². The van der Waals surface area contributed by atoms with Gasteiger partial charge in [0.25, 0.3) is 5.91 Å². The number of carbonyl (C=O) groups excluding carboxylic acids is 1. The van der Waals surface area contributed by atoms with E-state index in [9.17, 15) is 4.79 Å². The molecule has 1 saturated carbocycles. The molecule has 4 N–H and O–H groups in total. The highest BCUT2D eigenvalue weighted by molar-refractivity contribution is 5.97. The predicted octanol–water partition coefficient (Wildman–Crippen LogP) is 1.47. The van der Waals surface area contributed by atoms with Gasteiger partial charge in [0.1, 0.15) is 0 Å². The van der Waals surface area contributed by atoms with Crippen molar-refractivity contribution in [3.63, 3.8) is 0 Å². The number of aromatic amines is 1. The number of carbonyl (C=O) groups is 1. The number of nitrogens with one attached hydrogen (secondary N) is 2. The number of nitrogens with zero attached hydrogens (tertiary/aromatic N) is 1. The van der Waals surface area contributed by atoms with Crippen LogP contribution in [-0.4, -0.2) is 22.6 Å². The number of H-pyrrole nitrogens is 1. The highest BCUT2D eigenvalue weighted by atomic mass is 16.1. The molecule has 1 fully saturated rings. The van der Waals surface area contributed by atoms with Crippen LogP contribution in [0, 0.1) is 5.41 Å². The minimum atomic E-state index is -0.168. The maximum Gasteiger partial charge on any atom is 0.273 e. The highest BCUT2D eigenvalue weighted by Crippen LogP contribution is 2.47. The Kier molecular flexibility index (Phi) is 3.09. The molecule has 1 aliphatic carbocycles. The Hall–Kier alpha value is -1.52. The fraction of sp³-hybridized carbons (Fsp3) is 0.667. The summed E-state index contributed by atoms with van der Waals surface area (Å²) >= 11 is 0. The van der Waals surface area contributed by atoms with E-state index in [2.05, 4.69) is 22.4 Å². The lowest BCUT2D eigenvalue weighted by atomic mass is 10.0. The Bertz CT molecular complexity index is 420. The Balaban J connectivity index is 1.97. The largest absolute Gasteiger partial charge is 0.395 e. The number of nitrogens with two attached hydrogens (primary N) is 1. The van der Waals surface area contributed by atoms with Crippen LogP contribution >= 0.6 is 0 Å². The van der Waals surface area contributed by atoms with Gasteiger partial charge < -0.3 is 11.1 Å². The van der Waals surface area contributed by atoms with Crippen molar-refractivity contribution in [3.05, 3.63) is 11.4 Å². The zero-order chi connectivity index (χ0) is 12.5. The topological polar surface area (TPSA) is 83.8 Å². The molecule has 94 valence electrons. The summed E-state index contributed by atoms with van der Waals surface area (Å²) in [5.41, 5.74) is 7.82. The van der Waals surface area contributed by atoms with E-state index in [1.54, 1.807) is 0 Å². The van der Waals surface area contributed by atoms with Crippen LogP contribution in [0.2, 0.25) is 0 Å². The average molecular weight is 236 g/mol. The Morgan fingerprint density at radius 1 is 1.53 bits per heavy atom. The number of aromatic nitrogens is 2. The number of anilines is 1. The molecule has 5 heteroatoms. The summed E-state index contributed by atoms with van der Waals surface area (Å²) in [7, 11) is 0. The quantitative estimate of drug-likeness (QED) is 0.724. The van der Waals surface area contributed by atoms with Crippen molar-refractivity contribution in [2.45, 2.75) is 39.5 Å². The van der Waals surface area contributed by atoms with Gasteiger partial charge in [0.05, 0.1) is 11.4 Å². The van der Waals surface area contributed by atoms with Gasteiger partial charge >= 0.3 is 0 Å². The minimum absolute atomic E-state index is 0.168. The van der Waals surface area contributed by atoms with Gasteiger partial charge in [-0.15, -0.1) is 0 Å². The van der Waals surface area contributed by atoms with Crippen LogP contribution in [0.15, 0.2) is 0 Å². The molecule has 0 aliphatic heterocycles. The molecule has 2 rings (SSSR count). The Morgan fingerprint density at radius 2 is 2.24 bits per heavy atom. The summed E-state index contributed by atoms with van der Waals surface area (Å²) < 4.78 is 0. The summed E-state index contributed by atoms with van der Waals surface area (Å²) in [5, 5.41) is 9.70. The third-order valence-electron chi connectivity index (χ3n) is 3.78. The van der Waals surface area contributed by atoms with Gasteiger partial charge in [-0.2, -0.15) is 5.10 Å². The van der Waals surface area contributed by atoms with E-state index in [0.29, 0.717) is 16.8 Å². The van der Waals surface area contributed by atoms with Crippen molar-refractivity contribution in [1.82, 2.24) is 15.5 Å². The summed E-state index contributed by atoms with van der Waals surface area (Å²) in [6.07, 6.45) is 4.29. The van der Waals surface area contributed by atoms with E-state index >= 15 is 0 Å². The molecule has 0 atom stereocenters. The standard InChI is InChI=1S/C12H20N4O/c1-3-8-9(13)10(16-15-8)11(17)14-7-12(4-2)5-6-12/h3-7,13H2,1-2H3,(H,14,17)(H,15,16). The van der Waals surface area contributed by atoms with Gasteiger partial charge in [0.15, 0.2) is 5.69 Å². The third-order valence-corrected chi connectivity index (χ3v) is 3.78. The van der Waals surface area contributed by atoms with E-state index < -0.39 is 0 Å². The molecule has 0 aromatic carbocycles. The van der Waals surface area contributed by atoms with Crippen molar-refractivity contribution >= 4 is 11.6 Å². The van der Waals surface area contributed by atoms with E-state index in [1.807, 2.05) is 6.92 Å². The number of hydrogen-bond acceptors (Lipinski definition) is 3. The number of rotatable bonds is 5. The fourth-order valence-electron chi connectivity index (χ4n) is 2.01. The van der Waals surface area contributed by atoms with E-state index in [1.165, 1.54) is 12.8 Å². The lowest BCUT2D eigenvalue weighted by Crippen LogP contribution is -2.30. The fourth-order valence-corrected chi connectivity index (χ4v) is 2.01. The van der Waals surface area contributed by atoms with E-state index in [0.717, 1.165) is 25.1 Å². The normalized spacial score (nSPS) is 16.8. The molecular formula is C12H20N4O. The molecule has 1 amide bonds. The third kappa shape index (κ3) is 2.28. The molecular weight excluding hydrogens is 216 g/mol. The zero-order valence-electron chi connectivity index (χ0n) is 10.5. The second-order valence-corrected chi connectivity index (χ2v) is 4.85. The van der Waals surface area contributed by atoms with Gasteiger partial charge in [-0.3, -0.25) is 9.89 Å². The molecule has 0 unspecified atom stereocenters. The molecule has 1 aromatic rings. The van der Waals surface area contributed by atoms with Gasteiger partial charge in [-0.05, 0) is 31.1 Å². The first-order valence-electron chi connectivity index (χ1n) is 6.23. The predicted molar refractivity (Wildman–Crippen MR) is 66.7 cm³/mol. The van der Waals surface area contributed by atoms with Crippen LogP contribution in [0.4, 0.5) is 5.69 Å². The first kappa shape index (κ1) is 12.0. The molecule has 1 aromatic heterocycles. The smallest absolute Gasteiger partial charge is 0.273 e. The molecule has 0 bridgehead atoms. The summed E-state index contributed by atoms with van der Waals surface area (Å²) in [5.74, 6) is -0.168. The number of amides is 1. The molecule has 0 radical (unpaired) electrons. The monoisotopic (exact) mass is 236 g/mol.